The van der Waals surface area contributed by atoms with Gasteiger partial charge in [-0.25, -0.2) is 4.79 Å². The molecule has 1 aliphatic rings. The highest BCUT2D eigenvalue weighted by Crippen LogP contribution is 2.19. The fraction of sp³-hybridized carbons (Fsp3) is 0.211. The SMILES string of the molecule is O=C(c1c[nH]c(=O)n(Cc2cccs2)c1=O)N1CCc2ccccc2C1. The van der Waals surface area contributed by atoms with Crippen LogP contribution in [0.4, 0.5) is 0 Å². The molecule has 1 aliphatic heterocycles. The number of amides is 1. The zero-order valence-corrected chi connectivity index (χ0v) is 14.8. The topological polar surface area (TPSA) is 75.2 Å². The first-order valence-corrected chi connectivity index (χ1v) is 9.22. The average Bonchev–Trinajstić information content (AvgIpc) is 3.17. The van der Waals surface area contributed by atoms with Gasteiger partial charge in [0.1, 0.15) is 5.56 Å². The summed E-state index contributed by atoms with van der Waals surface area (Å²) in [5, 5.41) is 1.88. The summed E-state index contributed by atoms with van der Waals surface area (Å²) in [5.41, 5.74) is 1.26. The van der Waals surface area contributed by atoms with Crippen LogP contribution < -0.4 is 11.2 Å². The van der Waals surface area contributed by atoms with E-state index in [-0.39, 0.29) is 18.0 Å². The lowest BCUT2D eigenvalue weighted by atomic mass is 9.99. The Bertz CT molecular complexity index is 1070. The molecular weight excluding hydrogens is 350 g/mol. The molecule has 0 aliphatic carbocycles. The number of carbonyl (C=O) groups is 1. The Hall–Kier alpha value is -2.93. The van der Waals surface area contributed by atoms with Crippen LogP contribution in [-0.2, 0) is 19.5 Å². The van der Waals surface area contributed by atoms with Gasteiger partial charge in [-0.2, -0.15) is 0 Å². The monoisotopic (exact) mass is 367 g/mol. The first kappa shape index (κ1) is 16.5. The van der Waals surface area contributed by atoms with E-state index in [0.29, 0.717) is 13.1 Å². The molecule has 0 radical (unpaired) electrons. The van der Waals surface area contributed by atoms with Crippen molar-refractivity contribution in [2.45, 2.75) is 19.5 Å². The number of fused-ring (bicyclic) bond motifs is 1. The van der Waals surface area contributed by atoms with Crippen LogP contribution in [0.25, 0.3) is 0 Å². The number of aromatic nitrogens is 2. The Morgan fingerprint density at radius 3 is 2.69 bits per heavy atom. The van der Waals surface area contributed by atoms with Gasteiger partial charge in [0.05, 0.1) is 6.54 Å². The van der Waals surface area contributed by atoms with Gasteiger partial charge in [-0.15, -0.1) is 11.3 Å². The molecule has 3 aromatic rings. The summed E-state index contributed by atoms with van der Waals surface area (Å²) in [6, 6.07) is 11.7. The fourth-order valence-electron chi connectivity index (χ4n) is 3.21. The number of rotatable bonds is 3. The van der Waals surface area contributed by atoms with Gasteiger partial charge < -0.3 is 9.88 Å². The second kappa shape index (κ2) is 6.76. The number of H-pyrrole nitrogens is 1. The molecule has 0 atom stereocenters. The van der Waals surface area contributed by atoms with Gasteiger partial charge in [0.25, 0.3) is 11.5 Å². The molecule has 1 N–H and O–H groups in total. The van der Waals surface area contributed by atoms with E-state index in [1.165, 1.54) is 23.1 Å². The Morgan fingerprint density at radius 2 is 1.92 bits per heavy atom. The highest BCUT2D eigenvalue weighted by Gasteiger charge is 2.24. The fourth-order valence-corrected chi connectivity index (χ4v) is 3.90. The normalized spacial score (nSPS) is 13.5. The lowest BCUT2D eigenvalue weighted by Crippen LogP contribution is -2.43. The molecule has 3 heterocycles. The van der Waals surface area contributed by atoms with E-state index < -0.39 is 11.2 Å². The molecule has 6 nitrogen and oxygen atoms in total. The maximum atomic E-state index is 12.9. The molecular formula is C19H17N3O3S. The summed E-state index contributed by atoms with van der Waals surface area (Å²) in [6.07, 6.45) is 1.99. The average molecular weight is 367 g/mol. The van der Waals surface area contributed by atoms with Crippen molar-refractivity contribution in [1.29, 1.82) is 0 Å². The number of carbonyl (C=O) groups excluding carboxylic acids is 1. The second-order valence-corrected chi connectivity index (χ2v) is 7.26. The molecule has 132 valence electrons. The minimum Gasteiger partial charge on any atom is -0.334 e. The molecule has 0 unspecified atom stereocenters. The Kier molecular flexibility index (Phi) is 4.30. The van der Waals surface area contributed by atoms with Crippen LogP contribution >= 0.6 is 11.3 Å². The Balaban J connectivity index is 1.65. The van der Waals surface area contributed by atoms with Crippen LogP contribution in [-0.4, -0.2) is 26.9 Å². The largest absolute Gasteiger partial charge is 0.334 e. The minimum absolute atomic E-state index is 0.000497. The van der Waals surface area contributed by atoms with Crippen LogP contribution in [0.1, 0.15) is 26.4 Å². The van der Waals surface area contributed by atoms with E-state index in [9.17, 15) is 14.4 Å². The van der Waals surface area contributed by atoms with Crippen LogP contribution in [0.3, 0.4) is 0 Å². The molecule has 0 saturated carbocycles. The Morgan fingerprint density at radius 1 is 1.12 bits per heavy atom. The van der Waals surface area contributed by atoms with Gasteiger partial charge >= 0.3 is 5.69 Å². The van der Waals surface area contributed by atoms with Crippen molar-refractivity contribution >= 4 is 17.2 Å². The highest BCUT2D eigenvalue weighted by atomic mass is 32.1. The third-order valence-electron chi connectivity index (χ3n) is 4.60. The number of nitrogens with one attached hydrogen (secondary N) is 1. The van der Waals surface area contributed by atoms with Crippen molar-refractivity contribution in [1.82, 2.24) is 14.5 Å². The number of hydrogen-bond acceptors (Lipinski definition) is 4. The van der Waals surface area contributed by atoms with E-state index >= 15 is 0 Å². The molecule has 0 fully saturated rings. The smallest absolute Gasteiger partial charge is 0.328 e. The van der Waals surface area contributed by atoms with Crippen LogP contribution in [0.15, 0.2) is 57.6 Å². The van der Waals surface area contributed by atoms with Crippen LogP contribution in [0, 0.1) is 0 Å². The number of hydrogen-bond donors (Lipinski definition) is 1. The van der Waals surface area contributed by atoms with Crippen molar-refractivity contribution in [3.05, 3.63) is 90.4 Å². The number of aromatic amines is 1. The van der Waals surface area contributed by atoms with E-state index in [2.05, 4.69) is 11.1 Å². The summed E-state index contributed by atoms with van der Waals surface area (Å²) in [5.74, 6) is -0.347. The van der Waals surface area contributed by atoms with Crippen molar-refractivity contribution in [2.24, 2.45) is 0 Å². The molecule has 26 heavy (non-hydrogen) atoms. The molecule has 0 spiro atoms. The summed E-state index contributed by atoms with van der Waals surface area (Å²) in [7, 11) is 0. The first-order valence-electron chi connectivity index (χ1n) is 8.34. The van der Waals surface area contributed by atoms with Gasteiger partial charge in [-0.1, -0.05) is 30.3 Å². The van der Waals surface area contributed by atoms with Crippen molar-refractivity contribution in [3.8, 4) is 0 Å². The summed E-state index contributed by atoms with van der Waals surface area (Å²) in [4.78, 5) is 42.8. The standard InChI is InChI=1S/C19H17N3O3S/c23-17(21-8-7-13-4-1-2-5-14(13)11-21)16-10-20-19(25)22(18(16)24)12-15-6-3-9-26-15/h1-6,9-10H,7-8,11-12H2,(H,20,25). The zero-order chi connectivity index (χ0) is 18.1. The second-order valence-electron chi connectivity index (χ2n) is 6.22. The predicted octanol–water partition coefficient (Wildman–Crippen LogP) is 1.84. The van der Waals surface area contributed by atoms with Crippen LogP contribution in [0.5, 0.6) is 0 Å². The lowest BCUT2D eigenvalue weighted by molar-refractivity contribution is 0.0731. The maximum Gasteiger partial charge on any atom is 0.328 e. The molecule has 1 amide bonds. The van der Waals surface area contributed by atoms with Gasteiger partial charge in [0.2, 0.25) is 0 Å². The number of benzene rings is 1. The van der Waals surface area contributed by atoms with Crippen molar-refractivity contribution in [2.75, 3.05) is 6.54 Å². The van der Waals surface area contributed by atoms with E-state index in [1.807, 2.05) is 35.7 Å². The van der Waals surface area contributed by atoms with E-state index in [4.69, 9.17) is 0 Å². The molecule has 7 heteroatoms. The van der Waals surface area contributed by atoms with Crippen LogP contribution in [0.2, 0.25) is 0 Å². The molecule has 1 aromatic carbocycles. The zero-order valence-electron chi connectivity index (χ0n) is 14.0. The summed E-state index contributed by atoms with van der Waals surface area (Å²) >= 11 is 1.46. The summed E-state index contributed by atoms with van der Waals surface area (Å²) in [6.45, 7) is 1.19. The van der Waals surface area contributed by atoms with Gasteiger partial charge in [0, 0.05) is 24.2 Å². The van der Waals surface area contributed by atoms with Gasteiger partial charge in [-0.3, -0.25) is 14.2 Å². The Labute approximate surface area is 153 Å². The number of nitrogens with zero attached hydrogens (tertiary/aromatic N) is 2. The molecule has 4 rings (SSSR count). The highest BCUT2D eigenvalue weighted by molar-refractivity contribution is 7.09. The van der Waals surface area contributed by atoms with E-state index in [0.717, 1.165) is 21.4 Å². The summed E-state index contributed by atoms with van der Waals surface area (Å²) < 4.78 is 1.08. The molecule has 0 bridgehead atoms. The van der Waals surface area contributed by atoms with E-state index in [1.54, 1.807) is 4.90 Å². The minimum atomic E-state index is -0.550. The third kappa shape index (κ3) is 3.01. The maximum absolute atomic E-state index is 12.9. The number of thiophene rings is 1. The quantitative estimate of drug-likeness (QED) is 0.768. The third-order valence-corrected chi connectivity index (χ3v) is 5.46. The van der Waals surface area contributed by atoms with Gasteiger partial charge in [0.15, 0.2) is 0 Å². The molecule has 2 aromatic heterocycles. The lowest BCUT2D eigenvalue weighted by Gasteiger charge is -2.28. The van der Waals surface area contributed by atoms with Gasteiger partial charge in [-0.05, 0) is 29.0 Å². The van der Waals surface area contributed by atoms with Crippen molar-refractivity contribution < 1.29 is 4.79 Å². The van der Waals surface area contributed by atoms with Crippen molar-refractivity contribution in [3.63, 3.8) is 0 Å². The first-order chi connectivity index (χ1) is 12.6. The predicted molar refractivity (Wildman–Crippen MR) is 99.6 cm³/mol. The molecule has 0 saturated heterocycles.